The molecule has 3 rings (SSSR count). The van der Waals surface area contributed by atoms with Crippen LogP contribution in [0.4, 0.5) is 5.82 Å². The van der Waals surface area contributed by atoms with Crippen LogP contribution in [0, 0.1) is 5.92 Å². The first kappa shape index (κ1) is 11.9. The third-order valence-electron chi connectivity index (χ3n) is 3.78. The maximum Gasteiger partial charge on any atom is 0.151 e. The molecule has 2 heterocycles. The second-order valence-electron chi connectivity index (χ2n) is 5.27. The molecule has 1 saturated carbocycles. The van der Waals surface area contributed by atoms with Crippen molar-refractivity contribution in [2.24, 2.45) is 5.92 Å². The number of hydrogen-bond donors (Lipinski definition) is 1. The Balaban J connectivity index is 1.54. The smallest absolute Gasteiger partial charge is 0.151 e. The van der Waals surface area contributed by atoms with Gasteiger partial charge in [-0.3, -0.25) is 4.90 Å². The van der Waals surface area contributed by atoms with Crippen molar-refractivity contribution >= 4 is 5.82 Å². The molecule has 1 aliphatic heterocycles. The summed E-state index contributed by atoms with van der Waals surface area (Å²) in [5.74, 6) is 1.90. The van der Waals surface area contributed by atoms with Gasteiger partial charge in [-0.2, -0.15) is 5.10 Å². The molecule has 1 N–H and O–H groups in total. The van der Waals surface area contributed by atoms with Crippen molar-refractivity contribution in [3.63, 3.8) is 0 Å². The molecule has 0 radical (unpaired) electrons. The van der Waals surface area contributed by atoms with E-state index in [2.05, 4.69) is 20.0 Å². The van der Waals surface area contributed by atoms with Crippen molar-refractivity contribution in [2.75, 3.05) is 37.6 Å². The molecule has 1 aromatic rings. The summed E-state index contributed by atoms with van der Waals surface area (Å²) in [6.45, 7) is 5.55. The van der Waals surface area contributed by atoms with E-state index in [1.54, 1.807) is 0 Å². The van der Waals surface area contributed by atoms with Crippen molar-refractivity contribution in [1.82, 2.24) is 15.1 Å². The van der Waals surface area contributed by atoms with E-state index >= 15 is 0 Å². The zero-order valence-electron chi connectivity index (χ0n) is 10.6. The third kappa shape index (κ3) is 2.79. The number of aliphatic hydroxyl groups excluding tert-OH is 1. The fourth-order valence-electron chi connectivity index (χ4n) is 2.43. The predicted molar refractivity (Wildman–Crippen MR) is 69.3 cm³/mol. The molecular weight excluding hydrogens is 228 g/mol. The van der Waals surface area contributed by atoms with Crippen molar-refractivity contribution < 1.29 is 5.11 Å². The molecule has 0 spiro atoms. The molecule has 0 aromatic carbocycles. The number of aromatic nitrogens is 2. The van der Waals surface area contributed by atoms with Crippen molar-refractivity contribution in [3.05, 3.63) is 17.8 Å². The molecule has 98 valence electrons. The molecule has 2 aliphatic rings. The molecule has 1 aromatic heterocycles. The Bertz CT molecular complexity index is 382. The monoisotopic (exact) mass is 248 g/mol. The van der Waals surface area contributed by atoms with Crippen molar-refractivity contribution in [3.8, 4) is 0 Å². The van der Waals surface area contributed by atoms with Gasteiger partial charge in [-0.05, 0) is 30.9 Å². The Labute approximate surface area is 107 Å². The quantitative estimate of drug-likeness (QED) is 0.841. The van der Waals surface area contributed by atoms with E-state index in [-0.39, 0.29) is 6.61 Å². The molecule has 1 saturated heterocycles. The van der Waals surface area contributed by atoms with Crippen LogP contribution < -0.4 is 4.90 Å². The van der Waals surface area contributed by atoms with E-state index in [1.165, 1.54) is 19.4 Å². The first-order valence-electron chi connectivity index (χ1n) is 6.76. The van der Waals surface area contributed by atoms with Crippen LogP contribution in [-0.2, 0) is 6.61 Å². The highest BCUT2D eigenvalue weighted by Crippen LogP contribution is 2.30. The molecular formula is C13H20N4O. The topological polar surface area (TPSA) is 52.5 Å². The van der Waals surface area contributed by atoms with Gasteiger partial charge in [0.05, 0.1) is 12.3 Å². The van der Waals surface area contributed by atoms with Crippen LogP contribution in [0.5, 0.6) is 0 Å². The van der Waals surface area contributed by atoms with Gasteiger partial charge in [0.25, 0.3) is 0 Å². The fourth-order valence-corrected chi connectivity index (χ4v) is 2.43. The Morgan fingerprint density at radius 3 is 2.44 bits per heavy atom. The second kappa shape index (κ2) is 5.20. The molecule has 5 heteroatoms. The second-order valence-corrected chi connectivity index (χ2v) is 5.27. The molecule has 0 atom stereocenters. The average molecular weight is 248 g/mol. The first-order chi connectivity index (χ1) is 8.85. The Hall–Kier alpha value is -1.20. The number of piperazine rings is 1. The fraction of sp³-hybridized carbons (Fsp3) is 0.692. The summed E-state index contributed by atoms with van der Waals surface area (Å²) in [4.78, 5) is 4.83. The number of anilines is 1. The summed E-state index contributed by atoms with van der Waals surface area (Å²) >= 11 is 0. The summed E-state index contributed by atoms with van der Waals surface area (Å²) in [6.07, 6.45) is 2.85. The molecule has 0 unspecified atom stereocenters. The van der Waals surface area contributed by atoms with Gasteiger partial charge in [0.2, 0.25) is 0 Å². The van der Waals surface area contributed by atoms with E-state index in [1.807, 2.05) is 12.1 Å². The molecule has 0 bridgehead atoms. The van der Waals surface area contributed by atoms with Gasteiger partial charge in [0, 0.05) is 32.7 Å². The Morgan fingerprint density at radius 1 is 1.11 bits per heavy atom. The molecule has 5 nitrogen and oxygen atoms in total. The zero-order chi connectivity index (χ0) is 12.4. The maximum absolute atomic E-state index is 8.94. The SMILES string of the molecule is OCc1ccc(N2CCN(CC3CC3)CC2)nn1. The zero-order valence-corrected chi connectivity index (χ0v) is 10.6. The lowest BCUT2D eigenvalue weighted by Crippen LogP contribution is -2.47. The van der Waals surface area contributed by atoms with Crippen molar-refractivity contribution in [2.45, 2.75) is 19.4 Å². The summed E-state index contributed by atoms with van der Waals surface area (Å²) in [5, 5.41) is 17.1. The van der Waals surface area contributed by atoms with Crippen LogP contribution in [0.2, 0.25) is 0 Å². The van der Waals surface area contributed by atoms with E-state index in [0.29, 0.717) is 5.69 Å². The van der Waals surface area contributed by atoms with Crippen molar-refractivity contribution in [1.29, 1.82) is 0 Å². The van der Waals surface area contributed by atoms with Crippen LogP contribution in [0.1, 0.15) is 18.5 Å². The van der Waals surface area contributed by atoms with Crippen LogP contribution >= 0.6 is 0 Å². The predicted octanol–water partition coefficient (Wildman–Crippen LogP) is 0.501. The molecule has 18 heavy (non-hydrogen) atoms. The Kier molecular flexibility index (Phi) is 3.43. The highest BCUT2D eigenvalue weighted by molar-refractivity contribution is 5.37. The molecule has 1 aliphatic carbocycles. The van der Waals surface area contributed by atoms with Gasteiger partial charge < -0.3 is 10.0 Å². The lowest BCUT2D eigenvalue weighted by molar-refractivity contribution is 0.247. The molecule has 0 amide bonds. The summed E-state index contributed by atoms with van der Waals surface area (Å²) in [6, 6.07) is 3.80. The highest BCUT2D eigenvalue weighted by Gasteiger charge is 2.26. The van der Waals surface area contributed by atoms with E-state index in [0.717, 1.165) is 37.9 Å². The normalized spacial score (nSPS) is 21.3. The number of nitrogens with zero attached hydrogens (tertiary/aromatic N) is 4. The van der Waals surface area contributed by atoms with Crippen LogP contribution in [-0.4, -0.2) is 52.9 Å². The van der Waals surface area contributed by atoms with Crippen LogP contribution in [0.15, 0.2) is 12.1 Å². The molecule has 2 fully saturated rings. The van der Waals surface area contributed by atoms with Crippen LogP contribution in [0.3, 0.4) is 0 Å². The maximum atomic E-state index is 8.94. The van der Waals surface area contributed by atoms with E-state index in [9.17, 15) is 0 Å². The standard InChI is InChI=1S/C13H20N4O/c18-10-12-3-4-13(15-14-12)17-7-5-16(6-8-17)9-11-1-2-11/h3-4,11,18H,1-2,5-10H2. The van der Waals surface area contributed by atoms with E-state index < -0.39 is 0 Å². The van der Waals surface area contributed by atoms with Crippen LogP contribution in [0.25, 0.3) is 0 Å². The lowest BCUT2D eigenvalue weighted by atomic mass is 10.2. The number of hydrogen-bond acceptors (Lipinski definition) is 5. The minimum atomic E-state index is -0.0392. The number of rotatable bonds is 4. The minimum absolute atomic E-state index is 0.0392. The average Bonchev–Trinajstić information content (AvgIpc) is 3.24. The Morgan fingerprint density at radius 2 is 1.89 bits per heavy atom. The van der Waals surface area contributed by atoms with Gasteiger partial charge in [0.1, 0.15) is 0 Å². The summed E-state index contributed by atoms with van der Waals surface area (Å²) < 4.78 is 0. The summed E-state index contributed by atoms with van der Waals surface area (Å²) in [5.41, 5.74) is 0.631. The number of aliphatic hydroxyl groups is 1. The highest BCUT2D eigenvalue weighted by atomic mass is 16.3. The third-order valence-corrected chi connectivity index (χ3v) is 3.78. The lowest BCUT2D eigenvalue weighted by Gasteiger charge is -2.35. The largest absolute Gasteiger partial charge is 0.390 e. The van der Waals surface area contributed by atoms with Gasteiger partial charge in [-0.25, -0.2) is 0 Å². The van der Waals surface area contributed by atoms with Gasteiger partial charge in [-0.15, -0.1) is 5.10 Å². The minimum Gasteiger partial charge on any atom is -0.390 e. The van der Waals surface area contributed by atoms with Gasteiger partial charge in [0.15, 0.2) is 5.82 Å². The van der Waals surface area contributed by atoms with Gasteiger partial charge >= 0.3 is 0 Å². The van der Waals surface area contributed by atoms with E-state index in [4.69, 9.17) is 5.11 Å². The van der Waals surface area contributed by atoms with Gasteiger partial charge in [-0.1, -0.05) is 0 Å². The summed E-state index contributed by atoms with van der Waals surface area (Å²) in [7, 11) is 0. The first-order valence-corrected chi connectivity index (χ1v) is 6.76.